The lowest BCUT2D eigenvalue weighted by Crippen LogP contribution is -2.39. The Kier molecular flexibility index (Phi) is 4.18. The Bertz CT molecular complexity index is 502. The highest BCUT2D eigenvalue weighted by molar-refractivity contribution is 5.81. The van der Waals surface area contributed by atoms with Gasteiger partial charge >= 0.3 is 0 Å². The van der Waals surface area contributed by atoms with Crippen molar-refractivity contribution in [2.75, 3.05) is 30.7 Å². The van der Waals surface area contributed by atoms with E-state index in [1.807, 2.05) is 11.0 Å². The van der Waals surface area contributed by atoms with Crippen LogP contribution in [0.4, 0.5) is 11.5 Å². The summed E-state index contributed by atoms with van der Waals surface area (Å²) in [6, 6.07) is 3.55. The van der Waals surface area contributed by atoms with Crippen molar-refractivity contribution >= 4 is 17.4 Å². The summed E-state index contributed by atoms with van der Waals surface area (Å²) in [7, 11) is 0. The lowest BCUT2D eigenvalue weighted by molar-refractivity contribution is -0.130. The first kappa shape index (κ1) is 13.1. The Labute approximate surface area is 112 Å². The van der Waals surface area contributed by atoms with Crippen molar-refractivity contribution in [1.82, 2.24) is 9.88 Å². The SMILES string of the molecule is N#Cc1cc(N)cnc1NCC(=O)N1CCCCC1. The number of aromatic nitrogens is 1. The average Bonchev–Trinajstić information content (AvgIpc) is 2.46. The van der Waals surface area contributed by atoms with Crippen molar-refractivity contribution < 1.29 is 4.79 Å². The van der Waals surface area contributed by atoms with Gasteiger partial charge in [0.2, 0.25) is 5.91 Å². The van der Waals surface area contributed by atoms with Crippen LogP contribution in [0.25, 0.3) is 0 Å². The summed E-state index contributed by atoms with van der Waals surface area (Å²) in [5.74, 6) is 0.448. The normalized spacial score (nSPS) is 14.8. The van der Waals surface area contributed by atoms with E-state index >= 15 is 0 Å². The number of nitrogens with two attached hydrogens (primary N) is 1. The van der Waals surface area contributed by atoms with Gasteiger partial charge in [-0.25, -0.2) is 4.98 Å². The van der Waals surface area contributed by atoms with Gasteiger partial charge in [0.05, 0.1) is 24.0 Å². The van der Waals surface area contributed by atoms with Crippen LogP contribution in [0.3, 0.4) is 0 Å². The van der Waals surface area contributed by atoms with Gasteiger partial charge in [-0.05, 0) is 25.3 Å². The molecule has 19 heavy (non-hydrogen) atoms. The van der Waals surface area contributed by atoms with E-state index in [1.165, 1.54) is 12.6 Å². The Morgan fingerprint density at radius 3 is 2.89 bits per heavy atom. The summed E-state index contributed by atoms with van der Waals surface area (Å²) in [5, 5.41) is 11.9. The summed E-state index contributed by atoms with van der Waals surface area (Å²) < 4.78 is 0. The fourth-order valence-electron chi connectivity index (χ4n) is 2.12. The Balaban J connectivity index is 1.95. The van der Waals surface area contributed by atoms with Gasteiger partial charge in [-0.1, -0.05) is 0 Å². The molecule has 100 valence electrons. The summed E-state index contributed by atoms with van der Waals surface area (Å²) in [6.45, 7) is 1.80. The van der Waals surface area contributed by atoms with Crippen molar-refractivity contribution in [3.63, 3.8) is 0 Å². The fraction of sp³-hybridized carbons (Fsp3) is 0.462. The van der Waals surface area contributed by atoms with Crippen LogP contribution in [0.15, 0.2) is 12.3 Å². The molecule has 1 aliphatic rings. The molecule has 1 fully saturated rings. The minimum absolute atomic E-state index is 0.0437. The third-order valence-corrected chi connectivity index (χ3v) is 3.15. The minimum Gasteiger partial charge on any atom is -0.397 e. The molecule has 0 unspecified atom stereocenters. The molecule has 0 bridgehead atoms. The van der Waals surface area contributed by atoms with E-state index < -0.39 is 0 Å². The number of carbonyl (C=O) groups is 1. The Morgan fingerprint density at radius 2 is 2.21 bits per heavy atom. The highest BCUT2D eigenvalue weighted by Crippen LogP contribution is 2.14. The standard InChI is InChI=1S/C13H17N5O/c14-7-10-6-11(15)8-16-13(10)17-9-12(19)18-4-2-1-3-5-18/h6,8H,1-5,9,15H2,(H,16,17). The van der Waals surface area contributed by atoms with Crippen molar-refractivity contribution in [2.24, 2.45) is 0 Å². The van der Waals surface area contributed by atoms with Gasteiger partial charge in [-0.15, -0.1) is 0 Å². The van der Waals surface area contributed by atoms with Crippen LogP contribution in [-0.2, 0) is 4.79 Å². The van der Waals surface area contributed by atoms with Crippen molar-refractivity contribution in [3.8, 4) is 6.07 Å². The first-order valence-corrected chi connectivity index (χ1v) is 6.38. The highest BCUT2D eigenvalue weighted by atomic mass is 16.2. The maximum absolute atomic E-state index is 12.0. The van der Waals surface area contributed by atoms with Crippen LogP contribution in [0.1, 0.15) is 24.8 Å². The fourth-order valence-corrected chi connectivity index (χ4v) is 2.12. The number of nitrogens with one attached hydrogen (secondary N) is 1. The number of piperidine rings is 1. The van der Waals surface area contributed by atoms with Gasteiger partial charge in [-0.2, -0.15) is 5.26 Å². The first-order valence-electron chi connectivity index (χ1n) is 6.38. The number of hydrogen-bond acceptors (Lipinski definition) is 5. The van der Waals surface area contributed by atoms with E-state index in [9.17, 15) is 4.79 Å². The second-order valence-corrected chi connectivity index (χ2v) is 4.57. The van der Waals surface area contributed by atoms with Gasteiger partial charge < -0.3 is 16.0 Å². The molecule has 3 N–H and O–H groups in total. The minimum atomic E-state index is 0.0437. The highest BCUT2D eigenvalue weighted by Gasteiger charge is 2.16. The molecule has 1 amide bonds. The molecular formula is C13H17N5O. The second kappa shape index (κ2) is 6.05. The number of nitriles is 1. The van der Waals surface area contributed by atoms with Crippen LogP contribution in [0, 0.1) is 11.3 Å². The molecule has 0 spiro atoms. The summed E-state index contributed by atoms with van der Waals surface area (Å²) in [5.41, 5.74) is 6.35. The predicted molar refractivity (Wildman–Crippen MR) is 72.3 cm³/mol. The summed E-state index contributed by atoms with van der Waals surface area (Å²) in [4.78, 5) is 17.8. The number of nitrogen functional groups attached to an aromatic ring is 1. The quantitative estimate of drug-likeness (QED) is 0.843. The predicted octanol–water partition coefficient (Wildman–Crippen LogP) is 0.960. The Morgan fingerprint density at radius 1 is 1.47 bits per heavy atom. The van der Waals surface area contributed by atoms with E-state index in [2.05, 4.69) is 10.3 Å². The molecule has 0 atom stereocenters. The molecule has 0 aliphatic carbocycles. The van der Waals surface area contributed by atoms with E-state index in [4.69, 9.17) is 11.0 Å². The molecule has 0 saturated carbocycles. The van der Waals surface area contributed by atoms with Crippen LogP contribution in [0.5, 0.6) is 0 Å². The topological polar surface area (TPSA) is 95.0 Å². The first-order chi connectivity index (χ1) is 9.20. The lowest BCUT2D eigenvalue weighted by atomic mass is 10.1. The number of pyridine rings is 1. The third-order valence-electron chi connectivity index (χ3n) is 3.15. The zero-order valence-corrected chi connectivity index (χ0v) is 10.7. The molecule has 2 heterocycles. The zero-order valence-electron chi connectivity index (χ0n) is 10.7. The van der Waals surface area contributed by atoms with Crippen LogP contribution >= 0.6 is 0 Å². The van der Waals surface area contributed by atoms with Crippen molar-refractivity contribution in [3.05, 3.63) is 17.8 Å². The average molecular weight is 259 g/mol. The molecule has 0 aromatic carbocycles. The number of anilines is 2. The van der Waals surface area contributed by atoms with E-state index in [1.54, 1.807) is 6.07 Å². The van der Waals surface area contributed by atoms with Gasteiger partial charge in [0.1, 0.15) is 11.9 Å². The molecule has 6 nitrogen and oxygen atoms in total. The molecule has 0 radical (unpaired) electrons. The van der Waals surface area contributed by atoms with Gasteiger partial charge in [0.25, 0.3) is 0 Å². The molecule has 2 rings (SSSR count). The van der Waals surface area contributed by atoms with Crippen LogP contribution in [-0.4, -0.2) is 35.4 Å². The van der Waals surface area contributed by atoms with Crippen molar-refractivity contribution in [1.29, 1.82) is 5.26 Å². The monoisotopic (exact) mass is 259 g/mol. The molecule has 1 aliphatic heterocycles. The van der Waals surface area contributed by atoms with Crippen LogP contribution < -0.4 is 11.1 Å². The largest absolute Gasteiger partial charge is 0.397 e. The number of carbonyl (C=O) groups excluding carboxylic acids is 1. The summed E-state index contributed by atoms with van der Waals surface area (Å²) >= 11 is 0. The number of rotatable bonds is 3. The van der Waals surface area contributed by atoms with E-state index in [0.717, 1.165) is 25.9 Å². The molecule has 1 aromatic heterocycles. The zero-order chi connectivity index (χ0) is 13.7. The number of hydrogen-bond donors (Lipinski definition) is 2. The smallest absolute Gasteiger partial charge is 0.241 e. The van der Waals surface area contributed by atoms with E-state index in [-0.39, 0.29) is 12.5 Å². The number of likely N-dealkylation sites (tertiary alicyclic amines) is 1. The maximum Gasteiger partial charge on any atom is 0.241 e. The van der Waals surface area contributed by atoms with Crippen LogP contribution in [0.2, 0.25) is 0 Å². The van der Waals surface area contributed by atoms with Crippen molar-refractivity contribution in [2.45, 2.75) is 19.3 Å². The second-order valence-electron chi connectivity index (χ2n) is 4.57. The number of nitrogens with zero attached hydrogens (tertiary/aromatic N) is 3. The molecular weight excluding hydrogens is 242 g/mol. The van der Waals surface area contributed by atoms with E-state index in [0.29, 0.717) is 17.1 Å². The molecule has 1 saturated heterocycles. The Hall–Kier alpha value is -2.29. The summed E-state index contributed by atoms with van der Waals surface area (Å²) in [6.07, 6.45) is 4.79. The third kappa shape index (κ3) is 3.35. The molecule has 6 heteroatoms. The lowest BCUT2D eigenvalue weighted by Gasteiger charge is -2.26. The maximum atomic E-state index is 12.0. The van der Waals surface area contributed by atoms with Gasteiger partial charge in [-0.3, -0.25) is 4.79 Å². The number of amides is 1. The molecule has 1 aromatic rings. The van der Waals surface area contributed by atoms with Gasteiger partial charge in [0.15, 0.2) is 0 Å². The van der Waals surface area contributed by atoms with Gasteiger partial charge in [0, 0.05) is 13.1 Å².